The third kappa shape index (κ3) is 4.62. The number of nitrogens with zero attached hydrogens (tertiary/aromatic N) is 2. The van der Waals surface area contributed by atoms with Gasteiger partial charge in [-0.2, -0.15) is 0 Å². The van der Waals surface area contributed by atoms with E-state index in [9.17, 15) is 31.9 Å². The first kappa shape index (κ1) is 22.1. The van der Waals surface area contributed by atoms with Gasteiger partial charge in [0.1, 0.15) is 16.4 Å². The summed E-state index contributed by atoms with van der Waals surface area (Å²) in [5, 5.41) is 8.97. The van der Waals surface area contributed by atoms with Crippen molar-refractivity contribution in [2.45, 2.75) is 6.92 Å². The fourth-order valence-corrected chi connectivity index (χ4v) is 2.19. The number of aliphatic imine (C=N–C) groups is 1. The number of esters is 1. The number of rotatable bonds is 5. The first-order chi connectivity index (χ1) is 13.6. The van der Waals surface area contributed by atoms with E-state index in [1.54, 1.807) is 0 Å². The van der Waals surface area contributed by atoms with Crippen LogP contribution in [0.25, 0.3) is 5.76 Å². The van der Waals surface area contributed by atoms with Gasteiger partial charge in [-0.1, -0.05) is 11.6 Å². The molecule has 0 aliphatic heterocycles. The summed E-state index contributed by atoms with van der Waals surface area (Å²) in [6.45, 7) is 1.21. The molecule has 1 aromatic heterocycles. The molecular formula is C17H11ClF5N3O3. The number of anilines is 1. The van der Waals surface area contributed by atoms with E-state index in [0.29, 0.717) is 12.3 Å². The van der Waals surface area contributed by atoms with E-state index in [1.165, 1.54) is 6.92 Å². The summed E-state index contributed by atoms with van der Waals surface area (Å²) >= 11 is 5.32. The number of hydrogen-bond acceptors (Lipinski definition) is 6. The van der Waals surface area contributed by atoms with Gasteiger partial charge in [-0.25, -0.2) is 36.7 Å². The van der Waals surface area contributed by atoms with E-state index < -0.39 is 68.6 Å². The first-order valence-electron chi connectivity index (χ1n) is 7.67. The van der Waals surface area contributed by atoms with Crippen LogP contribution in [0.3, 0.4) is 0 Å². The minimum Gasteiger partial charge on any atom is -0.506 e. The molecule has 0 unspecified atom stereocenters. The number of aromatic nitrogens is 1. The van der Waals surface area contributed by atoms with Gasteiger partial charge in [0, 0.05) is 12.3 Å². The Labute approximate surface area is 165 Å². The van der Waals surface area contributed by atoms with Gasteiger partial charge >= 0.3 is 5.97 Å². The third-order valence-electron chi connectivity index (χ3n) is 3.36. The van der Waals surface area contributed by atoms with Crippen molar-refractivity contribution in [3.63, 3.8) is 0 Å². The molecule has 0 aliphatic rings. The van der Waals surface area contributed by atoms with Crippen LogP contribution in [0.15, 0.2) is 22.7 Å². The largest absolute Gasteiger partial charge is 0.506 e. The number of ether oxygens (including phenoxy) is 1. The van der Waals surface area contributed by atoms with Crippen LogP contribution in [0, 0.1) is 29.1 Å². The first-order valence-corrected chi connectivity index (χ1v) is 8.05. The second kappa shape index (κ2) is 8.86. The lowest BCUT2D eigenvalue weighted by Crippen LogP contribution is -2.12. The predicted molar refractivity (Wildman–Crippen MR) is 94.2 cm³/mol. The fraction of sp³-hybridized carbons (Fsp3) is 0.118. The summed E-state index contributed by atoms with van der Waals surface area (Å²) in [6, 6.07) is 0.616. The molecule has 0 atom stereocenters. The Balaban J connectivity index is 2.65. The molecule has 0 saturated carbocycles. The van der Waals surface area contributed by atoms with E-state index in [1.807, 2.05) is 0 Å². The molecule has 0 fully saturated rings. The maximum Gasteiger partial charge on any atom is 0.343 e. The van der Waals surface area contributed by atoms with Gasteiger partial charge in [0.05, 0.1) is 12.2 Å². The Morgan fingerprint density at radius 2 is 1.86 bits per heavy atom. The van der Waals surface area contributed by atoms with Crippen molar-refractivity contribution in [1.82, 2.24) is 4.98 Å². The number of aliphatic hydroxyl groups is 1. The maximum absolute atomic E-state index is 14.2. The molecule has 3 N–H and O–H groups in total. The van der Waals surface area contributed by atoms with Crippen molar-refractivity contribution in [2.75, 3.05) is 12.3 Å². The quantitative estimate of drug-likeness (QED) is 0.139. The van der Waals surface area contributed by atoms with Crippen LogP contribution >= 0.6 is 11.6 Å². The summed E-state index contributed by atoms with van der Waals surface area (Å²) in [5.41, 5.74) is 3.33. The predicted octanol–water partition coefficient (Wildman–Crippen LogP) is 4.25. The Hall–Kier alpha value is -3.21. The van der Waals surface area contributed by atoms with Crippen LogP contribution in [-0.4, -0.2) is 28.9 Å². The highest BCUT2D eigenvalue weighted by atomic mass is 35.5. The average Bonchev–Trinajstić information content (AvgIpc) is 2.67. The van der Waals surface area contributed by atoms with Crippen molar-refractivity contribution >= 4 is 41.2 Å². The highest BCUT2D eigenvalue weighted by Crippen LogP contribution is 2.29. The zero-order valence-corrected chi connectivity index (χ0v) is 15.2. The molecule has 6 nitrogen and oxygen atoms in total. The number of hydrogen-bond donors (Lipinski definition) is 2. The smallest absolute Gasteiger partial charge is 0.343 e. The van der Waals surface area contributed by atoms with E-state index in [4.69, 9.17) is 17.3 Å². The van der Waals surface area contributed by atoms with Crippen molar-refractivity contribution in [3.8, 4) is 0 Å². The van der Waals surface area contributed by atoms with Crippen LogP contribution in [0.4, 0.5) is 33.6 Å². The minimum atomic E-state index is -1.71. The fourth-order valence-electron chi connectivity index (χ4n) is 2.00. The molecule has 2 aromatic rings. The van der Waals surface area contributed by atoms with Gasteiger partial charge in [0.2, 0.25) is 0 Å². The Kier molecular flexibility index (Phi) is 6.75. The monoisotopic (exact) mass is 435 g/mol. The zero-order valence-electron chi connectivity index (χ0n) is 14.4. The van der Waals surface area contributed by atoms with E-state index >= 15 is 0 Å². The minimum absolute atomic E-state index is 0.194. The second-order valence-electron chi connectivity index (χ2n) is 5.25. The lowest BCUT2D eigenvalue weighted by atomic mass is 10.1. The number of nitrogens with two attached hydrogens (primary N) is 1. The van der Waals surface area contributed by atoms with Gasteiger partial charge in [0.25, 0.3) is 0 Å². The van der Waals surface area contributed by atoms with Crippen LogP contribution in [0.5, 0.6) is 0 Å². The van der Waals surface area contributed by atoms with Crippen LogP contribution < -0.4 is 5.73 Å². The Morgan fingerprint density at radius 1 is 1.21 bits per heavy atom. The van der Waals surface area contributed by atoms with Crippen molar-refractivity contribution in [2.24, 2.45) is 4.99 Å². The zero-order chi connectivity index (χ0) is 21.9. The molecule has 0 aliphatic carbocycles. The number of nitrogen functional groups attached to an aromatic ring is 1. The number of carbonyl (C=O) groups is 1. The van der Waals surface area contributed by atoms with Gasteiger partial charge in [-0.05, 0) is 13.0 Å². The molecule has 1 aromatic carbocycles. The topological polar surface area (TPSA) is 97.8 Å². The van der Waals surface area contributed by atoms with Crippen molar-refractivity contribution < 1.29 is 36.6 Å². The second-order valence-corrected chi connectivity index (χ2v) is 5.63. The van der Waals surface area contributed by atoms with Gasteiger partial charge < -0.3 is 15.6 Å². The molecular weight excluding hydrogens is 425 g/mol. The van der Waals surface area contributed by atoms with Gasteiger partial charge in [0.15, 0.2) is 40.7 Å². The normalized spacial score (nSPS) is 12.2. The number of pyridine rings is 1. The highest BCUT2D eigenvalue weighted by Gasteiger charge is 2.24. The summed E-state index contributed by atoms with van der Waals surface area (Å²) in [5.74, 6) is -11.3. The van der Waals surface area contributed by atoms with Gasteiger partial charge in [-0.15, -0.1) is 0 Å². The van der Waals surface area contributed by atoms with Crippen LogP contribution in [-0.2, 0) is 9.53 Å². The van der Waals surface area contributed by atoms with Crippen molar-refractivity contribution in [3.05, 3.63) is 57.4 Å². The van der Waals surface area contributed by atoms with E-state index in [2.05, 4.69) is 14.7 Å². The SMILES string of the molecule is CCOC(=O)C(/C=N/c1nc(N)c(F)cc1F)=C(/O)c1cc(F)c(F)c(Cl)c1F. The maximum atomic E-state index is 14.2. The molecule has 0 saturated heterocycles. The molecule has 0 radical (unpaired) electrons. The van der Waals surface area contributed by atoms with Crippen molar-refractivity contribution in [1.29, 1.82) is 0 Å². The number of carbonyl (C=O) groups excluding carboxylic acids is 1. The van der Waals surface area contributed by atoms with Crippen LogP contribution in [0.2, 0.25) is 5.02 Å². The Morgan fingerprint density at radius 3 is 2.48 bits per heavy atom. The summed E-state index contributed by atoms with van der Waals surface area (Å²) < 4.78 is 72.6. The van der Waals surface area contributed by atoms with E-state index in [0.717, 1.165) is 0 Å². The summed E-state index contributed by atoms with van der Waals surface area (Å²) in [6.07, 6.45) is 0.505. The number of benzene rings is 1. The molecule has 0 amide bonds. The number of aliphatic hydroxyl groups excluding tert-OH is 1. The highest BCUT2D eigenvalue weighted by molar-refractivity contribution is 6.31. The summed E-state index contributed by atoms with van der Waals surface area (Å²) in [4.78, 5) is 18.8. The lowest BCUT2D eigenvalue weighted by molar-refractivity contribution is -0.137. The molecule has 0 bridgehead atoms. The molecule has 12 heteroatoms. The standard InChI is InChI=1S/C17H11ClF5N3O3/c1-2-29-17(28)7(5-25-16-10(21)4-9(20)15(24)26-16)14(27)6-3-8(19)13(23)11(18)12(6)22/h3-5,27H,2H2,1H3,(H2,24,26)/b14-7+,25-5+. The average molecular weight is 436 g/mol. The summed E-state index contributed by atoms with van der Waals surface area (Å²) in [7, 11) is 0. The molecule has 0 spiro atoms. The Bertz CT molecular complexity index is 1040. The molecule has 2 rings (SSSR count). The van der Waals surface area contributed by atoms with E-state index in [-0.39, 0.29) is 12.7 Å². The number of halogens is 6. The van der Waals surface area contributed by atoms with Crippen LogP contribution in [0.1, 0.15) is 12.5 Å². The third-order valence-corrected chi connectivity index (χ3v) is 3.69. The molecule has 1 heterocycles. The lowest BCUT2D eigenvalue weighted by Gasteiger charge is -2.09. The van der Waals surface area contributed by atoms with Gasteiger partial charge in [-0.3, -0.25) is 0 Å². The molecule has 29 heavy (non-hydrogen) atoms. The molecule has 154 valence electrons.